The van der Waals surface area contributed by atoms with Gasteiger partial charge in [-0.2, -0.15) is 0 Å². The van der Waals surface area contributed by atoms with Crippen molar-refractivity contribution in [2.75, 3.05) is 34.2 Å². The van der Waals surface area contributed by atoms with Gasteiger partial charge in [-0.3, -0.25) is 9.10 Å². The first kappa shape index (κ1) is 18.9. The minimum Gasteiger partial charge on any atom is -0.371 e. The Labute approximate surface area is 176 Å². The highest BCUT2D eigenvalue weighted by Crippen LogP contribution is 2.41. The fourth-order valence-corrected chi connectivity index (χ4v) is 6.17. The molecule has 5 rings (SSSR count). The summed E-state index contributed by atoms with van der Waals surface area (Å²) in [5.74, 6) is -0.364. The van der Waals surface area contributed by atoms with Crippen LogP contribution in [0.25, 0.3) is 10.8 Å². The molecule has 0 radical (unpaired) electrons. The maximum atomic E-state index is 13.0. The van der Waals surface area contributed by atoms with Crippen LogP contribution in [0.3, 0.4) is 0 Å². The average Bonchev–Trinajstić information content (AvgIpc) is 3.32. The first-order valence-corrected chi connectivity index (χ1v) is 11.6. The fraction of sp³-hybridized carbons (Fsp3) is 0.261. The summed E-state index contributed by atoms with van der Waals surface area (Å²) in [6.45, 7) is 3.89. The van der Waals surface area contributed by atoms with Gasteiger partial charge in [0.1, 0.15) is 6.54 Å². The van der Waals surface area contributed by atoms with E-state index in [1.807, 2.05) is 43.3 Å². The van der Waals surface area contributed by atoms with Gasteiger partial charge in [0, 0.05) is 29.9 Å². The highest BCUT2D eigenvalue weighted by molar-refractivity contribution is 7.93. The molecular formula is C23H23N3O3S. The van der Waals surface area contributed by atoms with Gasteiger partial charge in [-0.1, -0.05) is 24.3 Å². The van der Waals surface area contributed by atoms with E-state index in [4.69, 9.17) is 0 Å². The lowest BCUT2D eigenvalue weighted by atomic mass is 10.1. The Morgan fingerprint density at radius 1 is 1.00 bits per heavy atom. The molecule has 3 aromatic carbocycles. The number of nitrogens with zero attached hydrogens (tertiary/aromatic N) is 2. The molecule has 1 fully saturated rings. The van der Waals surface area contributed by atoms with Gasteiger partial charge in [0.25, 0.3) is 10.0 Å². The Bertz CT molecular complexity index is 1260. The lowest BCUT2D eigenvalue weighted by molar-refractivity contribution is -0.114. The second-order valence-electron chi connectivity index (χ2n) is 7.89. The maximum absolute atomic E-state index is 13.0. The molecule has 154 valence electrons. The summed E-state index contributed by atoms with van der Waals surface area (Å²) >= 11 is 0. The normalized spacial score (nSPS) is 17.0. The second-order valence-corrected chi connectivity index (χ2v) is 9.72. The van der Waals surface area contributed by atoms with E-state index in [0.29, 0.717) is 16.8 Å². The van der Waals surface area contributed by atoms with Crippen molar-refractivity contribution in [2.45, 2.75) is 24.7 Å². The standard InChI is InChI=1S/C23H23N3O3S/c1-16-14-18(10-11-19(16)25-12-2-3-13-25)24-22(27)15-26-20-8-4-6-17-7-5-9-21(23(17)20)30(26,28)29/h4-11,14H,2-3,12-13,15H2,1H3,(H,24,27). The SMILES string of the molecule is Cc1cc(NC(=O)CN2c3cccc4cccc(c34)S2(=O)=O)ccc1N1CCCC1. The number of hydrogen-bond donors (Lipinski definition) is 1. The molecule has 2 aliphatic rings. The predicted octanol–water partition coefficient (Wildman–Crippen LogP) is 3.90. The molecule has 0 aromatic heterocycles. The van der Waals surface area contributed by atoms with Crippen molar-refractivity contribution in [3.8, 4) is 0 Å². The van der Waals surface area contributed by atoms with E-state index in [0.717, 1.165) is 24.0 Å². The number of rotatable bonds is 4. The summed E-state index contributed by atoms with van der Waals surface area (Å²) in [7, 11) is -3.75. The lowest BCUT2D eigenvalue weighted by Crippen LogP contribution is -2.35. The lowest BCUT2D eigenvalue weighted by Gasteiger charge is -2.21. The van der Waals surface area contributed by atoms with Crippen LogP contribution in [0.4, 0.5) is 17.1 Å². The van der Waals surface area contributed by atoms with Crippen molar-refractivity contribution in [3.63, 3.8) is 0 Å². The summed E-state index contributed by atoms with van der Waals surface area (Å²) in [5, 5.41) is 4.39. The third kappa shape index (κ3) is 3.01. The van der Waals surface area contributed by atoms with Crippen LogP contribution in [-0.4, -0.2) is 34.0 Å². The molecule has 2 heterocycles. The number of carbonyl (C=O) groups excluding carboxylic acids is 1. The Kier molecular flexibility index (Phi) is 4.43. The number of benzene rings is 3. The molecule has 7 heteroatoms. The van der Waals surface area contributed by atoms with E-state index in [-0.39, 0.29) is 17.3 Å². The molecule has 6 nitrogen and oxygen atoms in total. The van der Waals surface area contributed by atoms with Gasteiger partial charge < -0.3 is 10.2 Å². The van der Waals surface area contributed by atoms with Crippen LogP contribution in [0.1, 0.15) is 18.4 Å². The quantitative estimate of drug-likeness (QED) is 0.694. The van der Waals surface area contributed by atoms with Gasteiger partial charge in [0.2, 0.25) is 5.91 Å². The van der Waals surface area contributed by atoms with E-state index in [1.54, 1.807) is 18.2 Å². The minimum absolute atomic E-state index is 0.259. The van der Waals surface area contributed by atoms with E-state index >= 15 is 0 Å². The summed E-state index contributed by atoms with van der Waals surface area (Å²) in [6, 6.07) is 16.5. The van der Waals surface area contributed by atoms with Crippen LogP contribution < -0.4 is 14.5 Å². The molecule has 2 aliphatic heterocycles. The van der Waals surface area contributed by atoms with Crippen molar-refractivity contribution in [1.29, 1.82) is 0 Å². The zero-order chi connectivity index (χ0) is 20.9. The van der Waals surface area contributed by atoms with E-state index < -0.39 is 10.0 Å². The smallest absolute Gasteiger partial charge is 0.265 e. The molecular weight excluding hydrogens is 398 g/mol. The largest absolute Gasteiger partial charge is 0.371 e. The van der Waals surface area contributed by atoms with Gasteiger partial charge in [0.05, 0.1) is 10.6 Å². The molecule has 0 spiro atoms. The molecule has 0 unspecified atom stereocenters. The summed E-state index contributed by atoms with van der Waals surface area (Å²) in [4.78, 5) is 15.4. The van der Waals surface area contributed by atoms with Crippen molar-refractivity contribution in [2.24, 2.45) is 0 Å². The summed E-state index contributed by atoms with van der Waals surface area (Å²) < 4.78 is 27.3. The number of amides is 1. The summed E-state index contributed by atoms with van der Waals surface area (Å²) in [6.07, 6.45) is 2.41. The number of carbonyl (C=O) groups is 1. The molecule has 30 heavy (non-hydrogen) atoms. The van der Waals surface area contributed by atoms with Gasteiger partial charge >= 0.3 is 0 Å². The molecule has 1 amide bonds. The van der Waals surface area contributed by atoms with Crippen LogP contribution in [0, 0.1) is 6.92 Å². The van der Waals surface area contributed by atoms with Crippen LogP contribution in [0.5, 0.6) is 0 Å². The first-order chi connectivity index (χ1) is 14.4. The van der Waals surface area contributed by atoms with Gasteiger partial charge in [0.15, 0.2) is 0 Å². The topological polar surface area (TPSA) is 69.7 Å². The summed E-state index contributed by atoms with van der Waals surface area (Å²) in [5.41, 5.74) is 3.52. The maximum Gasteiger partial charge on any atom is 0.265 e. The average molecular weight is 422 g/mol. The Morgan fingerprint density at radius 2 is 1.73 bits per heavy atom. The van der Waals surface area contributed by atoms with Gasteiger partial charge in [-0.05, 0) is 61.0 Å². The second kappa shape index (κ2) is 7.02. The van der Waals surface area contributed by atoms with Crippen molar-refractivity contribution < 1.29 is 13.2 Å². The number of anilines is 3. The molecule has 0 saturated carbocycles. The number of aryl methyl sites for hydroxylation is 1. The molecule has 0 atom stereocenters. The van der Waals surface area contributed by atoms with E-state index in [1.165, 1.54) is 22.8 Å². The van der Waals surface area contributed by atoms with Crippen LogP contribution >= 0.6 is 0 Å². The zero-order valence-corrected chi connectivity index (χ0v) is 17.6. The molecule has 1 N–H and O–H groups in total. The number of nitrogens with one attached hydrogen (secondary N) is 1. The number of hydrogen-bond acceptors (Lipinski definition) is 4. The van der Waals surface area contributed by atoms with Crippen LogP contribution in [-0.2, 0) is 14.8 Å². The van der Waals surface area contributed by atoms with Gasteiger partial charge in [-0.25, -0.2) is 8.42 Å². The van der Waals surface area contributed by atoms with Gasteiger partial charge in [-0.15, -0.1) is 0 Å². The predicted molar refractivity (Wildman–Crippen MR) is 120 cm³/mol. The van der Waals surface area contributed by atoms with E-state index in [2.05, 4.69) is 10.2 Å². The van der Waals surface area contributed by atoms with Crippen molar-refractivity contribution >= 4 is 43.8 Å². The Morgan fingerprint density at radius 3 is 2.47 bits per heavy atom. The minimum atomic E-state index is -3.75. The monoisotopic (exact) mass is 421 g/mol. The molecule has 1 saturated heterocycles. The van der Waals surface area contributed by atoms with Crippen LogP contribution in [0.15, 0.2) is 59.5 Å². The highest BCUT2D eigenvalue weighted by Gasteiger charge is 2.36. The molecule has 0 bridgehead atoms. The first-order valence-electron chi connectivity index (χ1n) is 10.1. The van der Waals surface area contributed by atoms with Crippen molar-refractivity contribution in [3.05, 3.63) is 60.2 Å². The Hall–Kier alpha value is -3.06. The number of sulfonamides is 1. The van der Waals surface area contributed by atoms with Crippen LogP contribution in [0.2, 0.25) is 0 Å². The molecule has 0 aliphatic carbocycles. The fourth-order valence-electron chi connectivity index (χ4n) is 4.51. The molecule has 3 aromatic rings. The Balaban J connectivity index is 1.37. The zero-order valence-electron chi connectivity index (χ0n) is 16.8. The highest BCUT2D eigenvalue weighted by atomic mass is 32.2. The van der Waals surface area contributed by atoms with E-state index in [9.17, 15) is 13.2 Å². The third-order valence-electron chi connectivity index (χ3n) is 5.90. The van der Waals surface area contributed by atoms with Crippen molar-refractivity contribution in [1.82, 2.24) is 0 Å². The third-order valence-corrected chi connectivity index (χ3v) is 7.70.